The number of Topliss-reactive ketones (excluding diaryl/α,β-unsaturated/α-hetero) is 1. The van der Waals surface area contributed by atoms with E-state index in [4.69, 9.17) is 4.74 Å². The van der Waals surface area contributed by atoms with Crippen LogP contribution in [0.4, 0.5) is 0 Å². The first-order valence-electron chi connectivity index (χ1n) is 6.80. The van der Waals surface area contributed by atoms with Gasteiger partial charge in [0.2, 0.25) is 5.91 Å². The van der Waals surface area contributed by atoms with Gasteiger partial charge in [-0.3, -0.25) is 9.59 Å². The van der Waals surface area contributed by atoms with E-state index in [1.54, 1.807) is 50.6 Å². The van der Waals surface area contributed by atoms with E-state index in [1.165, 1.54) is 11.0 Å². The van der Waals surface area contributed by atoms with Crippen LogP contribution in [0.2, 0.25) is 0 Å². The fourth-order valence-electron chi connectivity index (χ4n) is 1.70. The topological polar surface area (TPSA) is 46.6 Å². The molecule has 112 valence electrons. The van der Waals surface area contributed by atoms with Crippen molar-refractivity contribution in [2.24, 2.45) is 0 Å². The van der Waals surface area contributed by atoms with E-state index in [1.807, 2.05) is 13.0 Å². The van der Waals surface area contributed by atoms with E-state index in [0.29, 0.717) is 17.9 Å². The van der Waals surface area contributed by atoms with Gasteiger partial charge in [-0.05, 0) is 19.1 Å². The average Bonchev–Trinajstić information content (AvgIpc) is 2.52. The summed E-state index contributed by atoms with van der Waals surface area (Å²) in [5.41, 5.74) is 0.597. The van der Waals surface area contributed by atoms with Gasteiger partial charge in [0.05, 0.1) is 7.11 Å². The molecule has 0 unspecified atom stereocenters. The number of allylic oxidation sites excluding steroid dienone is 3. The van der Waals surface area contributed by atoms with Crippen molar-refractivity contribution < 1.29 is 14.3 Å². The molecule has 0 atom stereocenters. The Labute approximate surface area is 125 Å². The van der Waals surface area contributed by atoms with E-state index in [9.17, 15) is 9.59 Å². The maximum absolute atomic E-state index is 12.1. The molecule has 0 spiro atoms. The van der Waals surface area contributed by atoms with Gasteiger partial charge in [0.1, 0.15) is 5.75 Å². The number of ether oxygens (including phenoxy) is 1. The summed E-state index contributed by atoms with van der Waals surface area (Å²) in [5.74, 6) is 0.525. The van der Waals surface area contributed by atoms with Crippen LogP contribution >= 0.6 is 0 Å². The van der Waals surface area contributed by atoms with Crippen molar-refractivity contribution in [1.82, 2.24) is 4.90 Å². The van der Waals surface area contributed by atoms with Crippen LogP contribution in [0.5, 0.6) is 5.75 Å². The van der Waals surface area contributed by atoms with Gasteiger partial charge in [-0.15, -0.1) is 0 Å². The third-order valence-electron chi connectivity index (χ3n) is 2.98. The van der Waals surface area contributed by atoms with Crippen LogP contribution in [-0.2, 0) is 4.79 Å². The fraction of sp³-hybridized carbons (Fsp3) is 0.294. The quantitative estimate of drug-likeness (QED) is 0.440. The predicted octanol–water partition coefficient (Wildman–Crippen LogP) is 2.86. The summed E-state index contributed by atoms with van der Waals surface area (Å²) in [5, 5.41) is 0. The minimum absolute atomic E-state index is 0.00835. The van der Waals surface area contributed by atoms with E-state index < -0.39 is 0 Å². The second kappa shape index (κ2) is 8.74. The van der Waals surface area contributed by atoms with Crippen LogP contribution < -0.4 is 4.74 Å². The highest BCUT2D eigenvalue weighted by atomic mass is 16.5. The van der Waals surface area contributed by atoms with Crippen molar-refractivity contribution in [3.05, 3.63) is 54.1 Å². The summed E-state index contributed by atoms with van der Waals surface area (Å²) >= 11 is 0. The van der Waals surface area contributed by atoms with Crippen molar-refractivity contribution >= 4 is 11.7 Å². The Hall–Kier alpha value is -2.36. The van der Waals surface area contributed by atoms with Crippen LogP contribution in [-0.4, -0.2) is 37.3 Å². The Morgan fingerprint density at radius 3 is 2.71 bits per heavy atom. The van der Waals surface area contributed by atoms with Crippen LogP contribution in [0.1, 0.15) is 23.7 Å². The highest BCUT2D eigenvalue weighted by molar-refractivity contribution is 5.97. The minimum atomic E-state index is -0.119. The van der Waals surface area contributed by atoms with Crippen molar-refractivity contribution in [1.29, 1.82) is 0 Å². The highest BCUT2D eigenvalue weighted by Crippen LogP contribution is 2.14. The second-order valence-corrected chi connectivity index (χ2v) is 4.55. The molecular formula is C17H21NO3. The van der Waals surface area contributed by atoms with Gasteiger partial charge in [-0.2, -0.15) is 0 Å². The first-order chi connectivity index (χ1) is 10.1. The molecule has 0 heterocycles. The Morgan fingerprint density at radius 1 is 1.29 bits per heavy atom. The molecule has 0 aliphatic rings. The third-order valence-corrected chi connectivity index (χ3v) is 2.98. The highest BCUT2D eigenvalue weighted by Gasteiger charge is 2.10. The first kappa shape index (κ1) is 16.7. The maximum Gasteiger partial charge on any atom is 0.246 e. The Morgan fingerprint density at radius 2 is 2.05 bits per heavy atom. The van der Waals surface area contributed by atoms with Gasteiger partial charge in [-0.25, -0.2) is 0 Å². The molecule has 1 amide bonds. The van der Waals surface area contributed by atoms with Crippen LogP contribution in [0.25, 0.3) is 0 Å². The molecule has 21 heavy (non-hydrogen) atoms. The zero-order valence-corrected chi connectivity index (χ0v) is 12.7. The molecule has 4 heteroatoms. The number of rotatable bonds is 7. The van der Waals surface area contributed by atoms with E-state index >= 15 is 0 Å². The summed E-state index contributed by atoms with van der Waals surface area (Å²) in [7, 11) is 3.24. The van der Waals surface area contributed by atoms with Crippen LogP contribution in [0, 0.1) is 0 Å². The van der Waals surface area contributed by atoms with Gasteiger partial charge < -0.3 is 9.64 Å². The Kier molecular flexibility index (Phi) is 6.95. The normalized spacial score (nSPS) is 11.0. The molecule has 4 nitrogen and oxygen atoms in total. The standard InChI is InChI=1S/C17H21NO3/c1-4-5-6-10-17(20)18(2)12-11-16(19)14-8-7-9-15(13-14)21-3/h4-10,13H,11-12H2,1-3H3/b5-4+,10-6+. The molecule has 0 radical (unpaired) electrons. The van der Waals surface area contributed by atoms with Crippen LogP contribution in [0.3, 0.4) is 0 Å². The number of hydrogen-bond acceptors (Lipinski definition) is 3. The number of carbonyl (C=O) groups is 2. The summed E-state index contributed by atoms with van der Waals surface area (Å²) in [6.07, 6.45) is 7.08. The molecule has 0 saturated carbocycles. The number of carbonyl (C=O) groups excluding carboxylic acids is 2. The number of amides is 1. The van der Waals surface area contributed by atoms with Crippen molar-refractivity contribution in [3.8, 4) is 5.75 Å². The maximum atomic E-state index is 12.1. The molecule has 0 N–H and O–H groups in total. The number of methoxy groups -OCH3 is 1. The number of nitrogens with zero attached hydrogens (tertiary/aromatic N) is 1. The molecule has 0 saturated heterocycles. The Balaban J connectivity index is 2.53. The zero-order valence-electron chi connectivity index (χ0n) is 12.7. The lowest BCUT2D eigenvalue weighted by Crippen LogP contribution is -2.27. The van der Waals surface area contributed by atoms with Crippen molar-refractivity contribution in [2.45, 2.75) is 13.3 Å². The van der Waals surface area contributed by atoms with E-state index in [2.05, 4.69) is 0 Å². The molecule has 0 fully saturated rings. The number of likely N-dealkylation sites (N-methyl/N-ethyl adjacent to an activating group) is 1. The van der Waals surface area contributed by atoms with Crippen molar-refractivity contribution in [3.63, 3.8) is 0 Å². The smallest absolute Gasteiger partial charge is 0.246 e. The van der Waals surface area contributed by atoms with E-state index in [-0.39, 0.29) is 18.1 Å². The minimum Gasteiger partial charge on any atom is -0.497 e. The molecule has 0 bridgehead atoms. The number of benzene rings is 1. The lowest BCUT2D eigenvalue weighted by Gasteiger charge is -2.14. The second-order valence-electron chi connectivity index (χ2n) is 4.55. The summed E-state index contributed by atoms with van der Waals surface area (Å²) in [4.78, 5) is 25.3. The summed E-state index contributed by atoms with van der Waals surface area (Å²) < 4.78 is 5.09. The SMILES string of the molecule is C/C=C/C=C/C(=O)N(C)CCC(=O)c1cccc(OC)c1. The summed E-state index contributed by atoms with van der Waals surface area (Å²) in [6, 6.07) is 7.02. The number of ketones is 1. The average molecular weight is 287 g/mol. The lowest BCUT2D eigenvalue weighted by molar-refractivity contribution is -0.124. The van der Waals surface area contributed by atoms with Gasteiger partial charge in [0, 0.05) is 31.7 Å². The molecule has 1 rings (SSSR count). The van der Waals surface area contributed by atoms with Gasteiger partial charge in [-0.1, -0.05) is 30.4 Å². The van der Waals surface area contributed by atoms with Crippen LogP contribution in [0.15, 0.2) is 48.6 Å². The van der Waals surface area contributed by atoms with Gasteiger partial charge in [0.15, 0.2) is 5.78 Å². The molecule has 1 aromatic carbocycles. The first-order valence-corrected chi connectivity index (χ1v) is 6.80. The largest absolute Gasteiger partial charge is 0.497 e. The monoisotopic (exact) mass is 287 g/mol. The lowest BCUT2D eigenvalue weighted by atomic mass is 10.1. The summed E-state index contributed by atoms with van der Waals surface area (Å²) in [6.45, 7) is 2.26. The van der Waals surface area contributed by atoms with Gasteiger partial charge in [0.25, 0.3) is 0 Å². The third kappa shape index (κ3) is 5.65. The zero-order chi connectivity index (χ0) is 15.7. The fourth-order valence-corrected chi connectivity index (χ4v) is 1.70. The molecule has 0 aliphatic carbocycles. The molecule has 1 aromatic rings. The van der Waals surface area contributed by atoms with Gasteiger partial charge >= 0.3 is 0 Å². The molecule has 0 aromatic heterocycles. The molecular weight excluding hydrogens is 266 g/mol. The molecule has 0 aliphatic heterocycles. The predicted molar refractivity (Wildman–Crippen MR) is 83.5 cm³/mol. The number of hydrogen-bond donors (Lipinski definition) is 0. The Bertz CT molecular complexity index is 547. The van der Waals surface area contributed by atoms with Crippen molar-refractivity contribution in [2.75, 3.05) is 20.7 Å². The van der Waals surface area contributed by atoms with E-state index in [0.717, 1.165) is 0 Å².